The molecule has 2 aromatic rings. The van der Waals surface area contributed by atoms with Crippen molar-refractivity contribution in [1.29, 1.82) is 0 Å². The van der Waals surface area contributed by atoms with E-state index in [0.717, 1.165) is 0 Å². The minimum Gasteiger partial charge on any atom is -0.334 e. The third-order valence-corrected chi connectivity index (χ3v) is 2.85. The van der Waals surface area contributed by atoms with Crippen molar-refractivity contribution >= 4 is 11.6 Å². The van der Waals surface area contributed by atoms with Crippen LogP contribution < -0.4 is 0 Å². The number of aromatic amines is 1. The Morgan fingerprint density at radius 2 is 2.25 bits per heavy atom. The zero-order valence-corrected chi connectivity index (χ0v) is 11.0. The van der Waals surface area contributed by atoms with Gasteiger partial charge >= 0.3 is 0 Å². The van der Waals surface area contributed by atoms with Gasteiger partial charge in [0.15, 0.2) is 0 Å². The molecule has 0 aliphatic heterocycles. The number of aryl methyl sites for hydroxylation is 1. The minimum absolute atomic E-state index is 0.0658. The number of nitro groups is 1. The Kier molecular flexibility index (Phi) is 3.74. The number of amides is 1. The first kappa shape index (κ1) is 13.7. The first-order valence-corrected chi connectivity index (χ1v) is 5.84. The van der Waals surface area contributed by atoms with Crippen molar-refractivity contribution in [3.05, 3.63) is 51.6 Å². The molecule has 0 bridgehead atoms. The summed E-state index contributed by atoms with van der Waals surface area (Å²) in [5, 5.41) is 17.2. The molecule has 0 radical (unpaired) electrons. The zero-order valence-electron chi connectivity index (χ0n) is 11.0. The van der Waals surface area contributed by atoms with Gasteiger partial charge in [0.05, 0.1) is 11.5 Å². The van der Waals surface area contributed by atoms with Crippen LogP contribution in [0.2, 0.25) is 0 Å². The number of nitro benzene ring substituents is 1. The van der Waals surface area contributed by atoms with Gasteiger partial charge in [-0.15, -0.1) is 0 Å². The van der Waals surface area contributed by atoms with Crippen LogP contribution in [0, 0.1) is 17.0 Å². The van der Waals surface area contributed by atoms with Crippen LogP contribution in [0.15, 0.2) is 24.5 Å². The number of rotatable bonds is 4. The Morgan fingerprint density at radius 1 is 1.50 bits per heavy atom. The number of benzene rings is 1. The van der Waals surface area contributed by atoms with Crippen LogP contribution in [0.1, 0.15) is 21.7 Å². The van der Waals surface area contributed by atoms with Crippen molar-refractivity contribution in [2.24, 2.45) is 0 Å². The van der Waals surface area contributed by atoms with Crippen LogP contribution in [0.4, 0.5) is 5.69 Å². The Morgan fingerprint density at radius 3 is 2.85 bits per heavy atom. The first-order chi connectivity index (χ1) is 9.49. The molecule has 1 aromatic heterocycles. The zero-order chi connectivity index (χ0) is 14.7. The van der Waals surface area contributed by atoms with Gasteiger partial charge < -0.3 is 4.90 Å². The van der Waals surface area contributed by atoms with Crippen molar-refractivity contribution in [3.8, 4) is 0 Å². The van der Waals surface area contributed by atoms with Crippen molar-refractivity contribution in [3.63, 3.8) is 0 Å². The van der Waals surface area contributed by atoms with Gasteiger partial charge in [0.1, 0.15) is 12.2 Å². The summed E-state index contributed by atoms with van der Waals surface area (Å²) in [5.74, 6) is 0.229. The molecule has 1 heterocycles. The van der Waals surface area contributed by atoms with E-state index in [1.54, 1.807) is 26.1 Å². The average molecular weight is 275 g/mol. The quantitative estimate of drug-likeness (QED) is 0.668. The maximum atomic E-state index is 12.2. The van der Waals surface area contributed by atoms with Gasteiger partial charge in [-0.05, 0) is 13.0 Å². The lowest BCUT2D eigenvalue weighted by molar-refractivity contribution is -0.385. The highest BCUT2D eigenvalue weighted by Crippen LogP contribution is 2.20. The van der Waals surface area contributed by atoms with E-state index in [1.807, 2.05) is 0 Å². The number of nitrogens with one attached hydrogen (secondary N) is 1. The average Bonchev–Trinajstić information content (AvgIpc) is 2.91. The van der Waals surface area contributed by atoms with E-state index in [-0.39, 0.29) is 23.7 Å². The summed E-state index contributed by atoms with van der Waals surface area (Å²) < 4.78 is 0. The molecule has 8 heteroatoms. The number of carbonyl (C=O) groups is 1. The SMILES string of the molecule is Cc1ccc(C(=O)N(C)Cc2ncn[nH]2)cc1[N+](=O)[O-]. The maximum Gasteiger partial charge on any atom is 0.273 e. The third-order valence-electron chi connectivity index (χ3n) is 2.85. The largest absolute Gasteiger partial charge is 0.334 e. The van der Waals surface area contributed by atoms with Gasteiger partial charge in [-0.25, -0.2) is 4.98 Å². The van der Waals surface area contributed by atoms with Gasteiger partial charge in [0.2, 0.25) is 0 Å². The molecular weight excluding hydrogens is 262 g/mol. The molecule has 104 valence electrons. The van der Waals surface area contributed by atoms with Crippen LogP contribution in [-0.2, 0) is 6.54 Å². The van der Waals surface area contributed by atoms with Gasteiger partial charge in [-0.1, -0.05) is 6.07 Å². The fourth-order valence-electron chi connectivity index (χ4n) is 1.76. The fourth-order valence-corrected chi connectivity index (χ4v) is 1.76. The summed E-state index contributed by atoms with van der Waals surface area (Å²) in [7, 11) is 1.59. The van der Waals surface area contributed by atoms with E-state index in [2.05, 4.69) is 15.2 Å². The second kappa shape index (κ2) is 5.47. The number of aromatic nitrogens is 3. The molecule has 0 saturated heterocycles. The summed E-state index contributed by atoms with van der Waals surface area (Å²) in [6.45, 7) is 1.88. The number of hydrogen-bond acceptors (Lipinski definition) is 5. The molecule has 0 aliphatic rings. The lowest BCUT2D eigenvalue weighted by Gasteiger charge is -2.15. The summed E-state index contributed by atoms with van der Waals surface area (Å²) >= 11 is 0. The molecular formula is C12H13N5O3. The second-order valence-corrected chi connectivity index (χ2v) is 4.35. The van der Waals surface area contributed by atoms with Crippen LogP contribution >= 0.6 is 0 Å². The van der Waals surface area contributed by atoms with Crippen LogP contribution in [-0.4, -0.2) is 38.0 Å². The fraction of sp³-hybridized carbons (Fsp3) is 0.250. The van der Waals surface area contributed by atoms with Gasteiger partial charge in [-0.3, -0.25) is 20.0 Å². The van der Waals surface area contributed by atoms with E-state index in [4.69, 9.17) is 0 Å². The van der Waals surface area contributed by atoms with Crippen LogP contribution in [0.3, 0.4) is 0 Å². The second-order valence-electron chi connectivity index (χ2n) is 4.35. The highest BCUT2D eigenvalue weighted by atomic mass is 16.6. The lowest BCUT2D eigenvalue weighted by atomic mass is 10.1. The Balaban J connectivity index is 2.20. The van der Waals surface area contributed by atoms with Crippen molar-refractivity contribution in [2.75, 3.05) is 7.05 Å². The summed E-state index contributed by atoms with van der Waals surface area (Å²) in [6.07, 6.45) is 1.35. The van der Waals surface area contributed by atoms with E-state index in [1.165, 1.54) is 17.3 Å². The van der Waals surface area contributed by atoms with Crippen molar-refractivity contribution < 1.29 is 9.72 Å². The molecule has 0 unspecified atom stereocenters. The molecule has 1 amide bonds. The molecule has 2 rings (SSSR count). The standard InChI is InChI=1S/C12H13N5O3/c1-8-3-4-9(5-10(8)17(19)20)12(18)16(2)6-11-13-7-14-15-11/h3-5,7H,6H2,1-2H3,(H,13,14,15). The molecule has 0 atom stereocenters. The summed E-state index contributed by atoms with van der Waals surface area (Å²) in [6, 6.07) is 4.42. The molecule has 0 saturated carbocycles. The summed E-state index contributed by atoms with van der Waals surface area (Å²) in [5.41, 5.74) is 0.720. The van der Waals surface area contributed by atoms with E-state index in [9.17, 15) is 14.9 Å². The topological polar surface area (TPSA) is 105 Å². The Bertz CT molecular complexity index is 639. The van der Waals surface area contributed by atoms with Crippen LogP contribution in [0.25, 0.3) is 0 Å². The molecule has 0 aliphatic carbocycles. The summed E-state index contributed by atoms with van der Waals surface area (Å²) in [4.78, 5) is 27.9. The monoisotopic (exact) mass is 275 g/mol. The highest BCUT2D eigenvalue weighted by molar-refractivity contribution is 5.94. The predicted molar refractivity (Wildman–Crippen MR) is 70.0 cm³/mol. The predicted octanol–water partition coefficient (Wildman–Crippen LogP) is 1.29. The number of H-pyrrole nitrogens is 1. The molecule has 1 aromatic carbocycles. The minimum atomic E-state index is -0.497. The van der Waals surface area contributed by atoms with Gasteiger partial charge in [0, 0.05) is 24.2 Å². The van der Waals surface area contributed by atoms with E-state index < -0.39 is 4.92 Å². The molecule has 0 fully saturated rings. The number of hydrogen-bond donors (Lipinski definition) is 1. The number of carbonyl (C=O) groups excluding carboxylic acids is 1. The first-order valence-electron chi connectivity index (χ1n) is 5.84. The Hall–Kier alpha value is -2.77. The van der Waals surface area contributed by atoms with E-state index in [0.29, 0.717) is 11.4 Å². The molecule has 1 N–H and O–H groups in total. The number of nitrogens with zero attached hydrogens (tertiary/aromatic N) is 4. The lowest BCUT2D eigenvalue weighted by Crippen LogP contribution is -2.26. The molecule has 20 heavy (non-hydrogen) atoms. The highest BCUT2D eigenvalue weighted by Gasteiger charge is 2.18. The maximum absolute atomic E-state index is 12.2. The van der Waals surface area contributed by atoms with E-state index >= 15 is 0 Å². The van der Waals surface area contributed by atoms with Gasteiger partial charge in [-0.2, -0.15) is 5.10 Å². The van der Waals surface area contributed by atoms with Crippen molar-refractivity contribution in [1.82, 2.24) is 20.1 Å². The smallest absolute Gasteiger partial charge is 0.273 e. The normalized spacial score (nSPS) is 10.3. The third kappa shape index (κ3) is 2.79. The van der Waals surface area contributed by atoms with Gasteiger partial charge in [0.25, 0.3) is 11.6 Å². The van der Waals surface area contributed by atoms with Crippen molar-refractivity contribution in [2.45, 2.75) is 13.5 Å². The Labute approximate surface area is 114 Å². The molecule has 0 spiro atoms. The molecule has 8 nitrogen and oxygen atoms in total. The van der Waals surface area contributed by atoms with Crippen LogP contribution in [0.5, 0.6) is 0 Å².